The van der Waals surface area contributed by atoms with Crippen LogP contribution in [0.3, 0.4) is 0 Å². The van der Waals surface area contributed by atoms with Crippen LogP contribution in [-0.4, -0.2) is 38.8 Å². The van der Waals surface area contributed by atoms with Crippen LogP contribution in [-0.2, 0) is 21.4 Å². The molecule has 0 unspecified atom stereocenters. The summed E-state index contributed by atoms with van der Waals surface area (Å²) in [4.78, 5) is 12.5. The van der Waals surface area contributed by atoms with Crippen LogP contribution in [0.2, 0.25) is 0 Å². The molecule has 1 amide bonds. The van der Waals surface area contributed by atoms with E-state index in [-0.39, 0.29) is 17.7 Å². The molecule has 0 radical (unpaired) electrons. The third-order valence-electron chi connectivity index (χ3n) is 5.33. The second-order valence-electron chi connectivity index (χ2n) is 7.03. The number of hydrogen-bond donors (Lipinski definition) is 1. The Balaban J connectivity index is 1.50. The number of nitrogens with zero attached hydrogens (tertiary/aromatic N) is 1. The summed E-state index contributed by atoms with van der Waals surface area (Å²) in [7, 11) is -1.78. The van der Waals surface area contributed by atoms with Crippen molar-refractivity contribution < 1.29 is 17.9 Å². The molecule has 1 fully saturated rings. The Morgan fingerprint density at radius 3 is 2.50 bits per heavy atom. The summed E-state index contributed by atoms with van der Waals surface area (Å²) < 4.78 is 32.3. The first-order chi connectivity index (χ1) is 13.4. The van der Waals surface area contributed by atoms with E-state index in [4.69, 9.17) is 4.74 Å². The number of piperidine rings is 1. The quantitative estimate of drug-likeness (QED) is 0.744. The van der Waals surface area contributed by atoms with Crippen LogP contribution >= 0.6 is 11.3 Å². The van der Waals surface area contributed by atoms with E-state index >= 15 is 0 Å². The number of thiophene rings is 1. The maximum absolute atomic E-state index is 12.6. The lowest BCUT2D eigenvalue weighted by molar-refractivity contribution is -0.126. The Morgan fingerprint density at radius 2 is 1.93 bits per heavy atom. The van der Waals surface area contributed by atoms with Crippen LogP contribution in [0.5, 0.6) is 5.75 Å². The number of nitrogens with one attached hydrogen (secondary N) is 1. The number of methoxy groups -OCH3 is 1. The van der Waals surface area contributed by atoms with Gasteiger partial charge in [-0.25, -0.2) is 8.42 Å². The Kier molecular flexibility index (Phi) is 6.74. The lowest BCUT2D eigenvalue weighted by Crippen LogP contribution is -2.42. The Hall–Kier alpha value is -1.90. The molecule has 2 aromatic rings. The zero-order valence-corrected chi connectivity index (χ0v) is 17.8. The molecule has 0 saturated carbocycles. The molecular weight excluding hydrogens is 396 g/mol. The molecule has 1 atom stereocenters. The highest BCUT2D eigenvalue weighted by Gasteiger charge is 2.33. The number of ether oxygens (including phenoxy) is 1. The third-order valence-corrected chi connectivity index (χ3v) is 8.61. The minimum atomic E-state index is -3.40. The van der Waals surface area contributed by atoms with Crippen molar-refractivity contribution in [1.82, 2.24) is 9.62 Å². The molecule has 6 nitrogen and oxygen atoms in total. The highest BCUT2D eigenvalue weighted by Crippen LogP contribution is 2.30. The topological polar surface area (TPSA) is 75.7 Å². The van der Waals surface area contributed by atoms with Gasteiger partial charge >= 0.3 is 0 Å². The molecule has 0 spiro atoms. The van der Waals surface area contributed by atoms with Gasteiger partial charge in [0.05, 0.1) is 7.11 Å². The number of sulfonamides is 1. The van der Waals surface area contributed by atoms with E-state index in [0.29, 0.717) is 36.7 Å². The molecule has 1 saturated heterocycles. The molecular formula is C20H26N2O4S2. The fraction of sp³-hybridized carbons (Fsp3) is 0.450. The van der Waals surface area contributed by atoms with Crippen molar-refractivity contribution in [3.63, 3.8) is 0 Å². The molecule has 0 aliphatic carbocycles. The molecule has 1 aromatic carbocycles. The van der Waals surface area contributed by atoms with E-state index in [9.17, 15) is 13.2 Å². The molecule has 0 bridgehead atoms. The minimum Gasteiger partial charge on any atom is -0.497 e. The highest BCUT2D eigenvalue weighted by molar-refractivity contribution is 7.91. The van der Waals surface area contributed by atoms with Crippen molar-refractivity contribution in [2.75, 3.05) is 20.2 Å². The van der Waals surface area contributed by atoms with E-state index in [1.54, 1.807) is 24.6 Å². The molecule has 1 N–H and O–H groups in total. The zero-order valence-electron chi connectivity index (χ0n) is 16.1. The summed E-state index contributed by atoms with van der Waals surface area (Å²) in [5.41, 5.74) is 1.01. The van der Waals surface area contributed by atoms with Crippen molar-refractivity contribution in [1.29, 1.82) is 0 Å². The van der Waals surface area contributed by atoms with E-state index in [1.807, 2.05) is 31.2 Å². The van der Waals surface area contributed by atoms with Gasteiger partial charge in [-0.3, -0.25) is 4.79 Å². The van der Waals surface area contributed by atoms with Crippen molar-refractivity contribution in [3.05, 3.63) is 47.3 Å². The lowest BCUT2D eigenvalue weighted by Gasteiger charge is -2.33. The van der Waals surface area contributed by atoms with Gasteiger partial charge in [0.25, 0.3) is 10.0 Å². The molecule has 152 valence electrons. The lowest BCUT2D eigenvalue weighted by atomic mass is 9.85. The number of carbonyl (C=O) groups excluding carboxylic acids is 1. The summed E-state index contributed by atoms with van der Waals surface area (Å²) >= 11 is 1.24. The molecule has 1 aromatic heterocycles. The van der Waals surface area contributed by atoms with Crippen LogP contribution in [0, 0.1) is 11.8 Å². The second-order valence-corrected chi connectivity index (χ2v) is 10.1. The normalized spacial score (nSPS) is 17.2. The fourth-order valence-electron chi connectivity index (χ4n) is 3.46. The van der Waals surface area contributed by atoms with Gasteiger partial charge in [0.2, 0.25) is 5.91 Å². The van der Waals surface area contributed by atoms with E-state index in [2.05, 4.69) is 5.32 Å². The average Bonchev–Trinajstić information content (AvgIpc) is 3.28. The Morgan fingerprint density at radius 1 is 1.25 bits per heavy atom. The van der Waals surface area contributed by atoms with E-state index in [1.165, 1.54) is 15.6 Å². The second kappa shape index (κ2) is 9.07. The Labute approximate surface area is 170 Å². The summed E-state index contributed by atoms with van der Waals surface area (Å²) in [6.07, 6.45) is 1.39. The van der Waals surface area contributed by atoms with Gasteiger partial charge in [0, 0.05) is 25.6 Å². The van der Waals surface area contributed by atoms with Crippen molar-refractivity contribution in [2.45, 2.75) is 30.5 Å². The van der Waals surface area contributed by atoms with Crippen LogP contribution in [0.15, 0.2) is 46.0 Å². The van der Waals surface area contributed by atoms with Gasteiger partial charge in [-0.15, -0.1) is 11.3 Å². The molecule has 2 heterocycles. The number of amides is 1. The van der Waals surface area contributed by atoms with Gasteiger partial charge < -0.3 is 10.1 Å². The maximum Gasteiger partial charge on any atom is 0.252 e. The average molecular weight is 423 g/mol. The summed E-state index contributed by atoms with van der Waals surface area (Å²) in [6.45, 7) is 3.32. The van der Waals surface area contributed by atoms with Crippen molar-refractivity contribution >= 4 is 27.3 Å². The Bertz CT molecular complexity index is 871. The number of benzene rings is 1. The van der Waals surface area contributed by atoms with Crippen molar-refractivity contribution in [3.8, 4) is 5.75 Å². The van der Waals surface area contributed by atoms with Crippen LogP contribution in [0.4, 0.5) is 0 Å². The predicted molar refractivity (Wildman–Crippen MR) is 110 cm³/mol. The first-order valence-corrected chi connectivity index (χ1v) is 11.7. The summed E-state index contributed by atoms with van der Waals surface area (Å²) in [5.74, 6) is 0.832. The molecule has 1 aliphatic heterocycles. The summed E-state index contributed by atoms with van der Waals surface area (Å²) in [6, 6.07) is 11.0. The number of hydrogen-bond acceptors (Lipinski definition) is 5. The largest absolute Gasteiger partial charge is 0.497 e. The summed E-state index contributed by atoms with van der Waals surface area (Å²) in [5, 5.41) is 4.76. The third kappa shape index (κ3) is 4.74. The predicted octanol–water partition coefficient (Wildman–Crippen LogP) is 3.11. The van der Waals surface area contributed by atoms with E-state index in [0.717, 1.165) is 11.3 Å². The zero-order chi connectivity index (χ0) is 20.1. The van der Waals surface area contributed by atoms with E-state index < -0.39 is 10.0 Å². The number of carbonyl (C=O) groups is 1. The minimum absolute atomic E-state index is 0.00961. The van der Waals surface area contributed by atoms with Gasteiger partial charge in [-0.05, 0) is 47.9 Å². The standard InChI is InChI=1S/C20H26N2O4S2/c1-15(20(23)21-14-16-5-7-18(26-2)8-6-16)17-9-11-22(12-10-17)28(24,25)19-4-3-13-27-19/h3-8,13,15,17H,9-12,14H2,1-2H3,(H,21,23)/t15-/m0/s1. The van der Waals surface area contributed by atoms with Crippen molar-refractivity contribution in [2.24, 2.45) is 11.8 Å². The monoisotopic (exact) mass is 422 g/mol. The van der Waals surface area contributed by atoms with Crippen LogP contribution in [0.25, 0.3) is 0 Å². The highest BCUT2D eigenvalue weighted by atomic mass is 32.2. The smallest absolute Gasteiger partial charge is 0.252 e. The van der Waals surface area contributed by atoms with Crippen LogP contribution in [0.1, 0.15) is 25.3 Å². The first kappa shape index (κ1) is 20.8. The molecule has 8 heteroatoms. The maximum atomic E-state index is 12.6. The number of rotatable bonds is 7. The van der Waals surface area contributed by atoms with Gasteiger partial charge in [0.15, 0.2) is 0 Å². The molecule has 3 rings (SSSR count). The van der Waals surface area contributed by atoms with Crippen LogP contribution < -0.4 is 10.1 Å². The van der Waals surface area contributed by atoms with Gasteiger partial charge in [0.1, 0.15) is 9.96 Å². The van der Waals surface area contributed by atoms with Gasteiger partial charge in [-0.2, -0.15) is 4.31 Å². The molecule has 1 aliphatic rings. The SMILES string of the molecule is COc1ccc(CNC(=O)[C@@H](C)C2CCN(S(=O)(=O)c3cccs3)CC2)cc1. The first-order valence-electron chi connectivity index (χ1n) is 9.36. The molecule has 28 heavy (non-hydrogen) atoms. The fourth-order valence-corrected chi connectivity index (χ4v) is 6.08. The van der Waals surface area contributed by atoms with Gasteiger partial charge in [-0.1, -0.05) is 25.1 Å².